The Morgan fingerprint density at radius 2 is 1.75 bits per heavy atom. The quantitative estimate of drug-likeness (QED) is 0.771. The van der Waals surface area contributed by atoms with Crippen LogP contribution in [-0.4, -0.2) is 4.57 Å². The van der Waals surface area contributed by atoms with Gasteiger partial charge in [0.25, 0.3) is 12.0 Å². The second kappa shape index (κ2) is 5.07. The van der Waals surface area contributed by atoms with E-state index in [-0.39, 0.29) is 5.69 Å². The van der Waals surface area contributed by atoms with E-state index in [0.29, 0.717) is 0 Å². The highest BCUT2D eigenvalue weighted by molar-refractivity contribution is 5.38. The summed E-state index contributed by atoms with van der Waals surface area (Å²) in [7, 11) is 0. The summed E-state index contributed by atoms with van der Waals surface area (Å²) in [4.78, 5) is 11.6. The lowest BCUT2D eigenvalue weighted by Crippen LogP contribution is -2.18. The van der Waals surface area contributed by atoms with Gasteiger partial charge < -0.3 is 0 Å². The molecule has 2 rings (SSSR count). The van der Waals surface area contributed by atoms with E-state index in [1.165, 1.54) is 6.07 Å². The first-order valence-electron chi connectivity index (χ1n) is 5.47. The first-order chi connectivity index (χ1) is 9.29. The lowest BCUT2D eigenvalue weighted by molar-refractivity contribution is -0.137. The molecule has 7 heteroatoms. The Morgan fingerprint density at radius 3 is 2.35 bits per heavy atom. The van der Waals surface area contributed by atoms with E-state index in [1.54, 1.807) is 0 Å². The van der Waals surface area contributed by atoms with Crippen LogP contribution >= 0.6 is 0 Å². The Morgan fingerprint density at radius 1 is 1.05 bits per heavy atom. The fourth-order valence-corrected chi connectivity index (χ4v) is 1.67. The predicted octanol–water partition coefficient (Wildman–Crippen LogP) is 3.79. The second-order valence-electron chi connectivity index (χ2n) is 4.02. The van der Waals surface area contributed by atoms with Gasteiger partial charge in [0.1, 0.15) is 0 Å². The molecule has 0 bridgehead atoms. The largest absolute Gasteiger partial charge is 0.416 e. The van der Waals surface area contributed by atoms with Gasteiger partial charge in [-0.1, -0.05) is 6.07 Å². The van der Waals surface area contributed by atoms with Crippen LogP contribution in [0.5, 0.6) is 0 Å². The highest BCUT2D eigenvalue weighted by Gasteiger charge is 2.30. The number of alkyl halides is 5. The molecule has 1 aromatic carbocycles. The van der Waals surface area contributed by atoms with Crippen molar-refractivity contribution in [1.29, 1.82) is 0 Å². The first kappa shape index (κ1) is 14.2. The molecule has 0 atom stereocenters. The topological polar surface area (TPSA) is 22.0 Å². The maximum Gasteiger partial charge on any atom is 0.416 e. The predicted molar refractivity (Wildman–Crippen MR) is 62.0 cm³/mol. The number of pyridine rings is 1. The van der Waals surface area contributed by atoms with Crippen LogP contribution in [0.15, 0.2) is 47.4 Å². The molecule has 0 saturated heterocycles. The summed E-state index contributed by atoms with van der Waals surface area (Å²) in [6, 6.07) is 5.76. The molecule has 1 aromatic heterocycles. The van der Waals surface area contributed by atoms with Gasteiger partial charge >= 0.3 is 6.18 Å². The summed E-state index contributed by atoms with van der Waals surface area (Å²) < 4.78 is 63.6. The van der Waals surface area contributed by atoms with Crippen molar-refractivity contribution in [2.24, 2.45) is 0 Å². The van der Waals surface area contributed by atoms with E-state index in [2.05, 4.69) is 0 Å². The number of halogens is 5. The summed E-state index contributed by atoms with van der Waals surface area (Å²) in [6.45, 7) is 0. The van der Waals surface area contributed by atoms with E-state index >= 15 is 0 Å². The van der Waals surface area contributed by atoms with Crippen LogP contribution in [0, 0.1) is 0 Å². The van der Waals surface area contributed by atoms with Crippen molar-refractivity contribution in [3.05, 3.63) is 64.1 Å². The van der Waals surface area contributed by atoms with Crippen molar-refractivity contribution >= 4 is 0 Å². The number of hydrogen-bond donors (Lipinski definition) is 0. The Bertz CT molecular complexity index is 675. The smallest absolute Gasteiger partial charge is 0.284 e. The van der Waals surface area contributed by atoms with Gasteiger partial charge in [0.15, 0.2) is 0 Å². The minimum Gasteiger partial charge on any atom is -0.284 e. The maximum atomic E-state index is 12.6. The van der Waals surface area contributed by atoms with Gasteiger partial charge in [0.2, 0.25) is 0 Å². The number of aromatic nitrogens is 1. The third-order valence-electron chi connectivity index (χ3n) is 2.64. The van der Waals surface area contributed by atoms with Crippen LogP contribution in [0.1, 0.15) is 17.6 Å². The van der Waals surface area contributed by atoms with Gasteiger partial charge in [-0.2, -0.15) is 13.2 Å². The molecule has 2 aromatic rings. The zero-order valence-corrected chi connectivity index (χ0v) is 9.86. The van der Waals surface area contributed by atoms with Gasteiger partial charge in [-0.05, 0) is 24.3 Å². The fraction of sp³-hybridized carbons (Fsp3) is 0.154. The summed E-state index contributed by atoms with van der Waals surface area (Å²) in [5, 5.41) is 0. The van der Waals surface area contributed by atoms with Crippen molar-refractivity contribution in [2.45, 2.75) is 12.6 Å². The van der Waals surface area contributed by atoms with E-state index in [1.807, 2.05) is 0 Å². The summed E-state index contributed by atoms with van der Waals surface area (Å²) in [6.07, 6.45) is -6.55. The standard InChI is InChI=1S/C13H8F5NO/c14-12(15)8-4-5-11(20)19(7-8)10-3-1-2-9(6-10)13(16,17)18/h1-7,12H. The van der Waals surface area contributed by atoms with E-state index in [0.717, 1.165) is 41.1 Å². The molecule has 0 aliphatic rings. The normalized spacial score (nSPS) is 11.9. The monoisotopic (exact) mass is 289 g/mol. The number of hydrogen-bond acceptors (Lipinski definition) is 1. The number of benzene rings is 1. The van der Waals surface area contributed by atoms with E-state index < -0.39 is 29.3 Å². The molecule has 0 spiro atoms. The third-order valence-corrected chi connectivity index (χ3v) is 2.64. The third kappa shape index (κ3) is 2.87. The molecule has 106 valence electrons. The number of nitrogens with zero attached hydrogens (tertiary/aromatic N) is 1. The average Bonchev–Trinajstić information content (AvgIpc) is 2.38. The van der Waals surface area contributed by atoms with Gasteiger partial charge in [0, 0.05) is 23.5 Å². The molecule has 0 saturated carbocycles. The van der Waals surface area contributed by atoms with E-state index in [4.69, 9.17) is 0 Å². The van der Waals surface area contributed by atoms with Crippen molar-refractivity contribution in [2.75, 3.05) is 0 Å². The Kier molecular flexibility index (Phi) is 3.61. The highest BCUT2D eigenvalue weighted by atomic mass is 19.4. The van der Waals surface area contributed by atoms with E-state index in [9.17, 15) is 26.7 Å². The van der Waals surface area contributed by atoms with Crippen molar-refractivity contribution in [3.63, 3.8) is 0 Å². The zero-order valence-electron chi connectivity index (χ0n) is 9.86. The molecular formula is C13H8F5NO. The molecule has 20 heavy (non-hydrogen) atoms. The summed E-state index contributed by atoms with van der Waals surface area (Å²) in [5.41, 5.74) is -2.20. The molecule has 0 aliphatic carbocycles. The minimum absolute atomic E-state index is 0.118. The van der Waals surface area contributed by atoms with Gasteiger partial charge in [-0.15, -0.1) is 0 Å². The van der Waals surface area contributed by atoms with Crippen LogP contribution < -0.4 is 5.56 Å². The maximum absolute atomic E-state index is 12.6. The zero-order chi connectivity index (χ0) is 14.9. The molecule has 2 nitrogen and oxygen atoms in total. The second-order valence-corrected chi connectivity index (χ2v) is 4.02. The first-order valence-corrected chi connectivity index (χ1v) is 5.47. The Balaban J connectivity index is 2.57. The van der Waals surface area contributed by atoms with Crippen molar-refractivity contribution < 1.29 is 22.0 Å². The molecule has 0 amide bonds. The molecule has 0 fully saturated rings. The van der Waals surface area contributed by atoms with Crippen LogP contribution in [0.3, 0.4) is 0 Å². The number of rotatable bonds is 2. The van der Waals surface area contributed by atoms with Crippen LogP contribution in [0.25, 0.3) is 5.69 Å². The van der Waals surface area contributed by atoms with Gasteiger partial charge in [-0.25, -0.2) is 8.78 Å². The summed E-state index contributed by atoms with van der Waals surface area (Å²) >= 11 is 0. The van der Waals surface area contributed by atoms with Crippen molar-refractivity contribution in [1.82, 2.24) is 4.57 Å². The van der Waals surface area contributed by atoms with Crippen LogP contribution in [0.4, 0.5) is 22.0 Å². The highest BCUT2D eigenvalue weighted by Crippen LogP contribution is 2.30. The molecule has 0 unspecified atom stereocenters. The fourth-order valence-electron chi connectivity index (χ4n) is 1.67. The van der Waals surface area contributed by atoms with Gasteiger partial charge in [-0.3, -0.25) is 9.36 Å². The van der Waals surface area contributed by atoms with Crippen molar-refractivity contribution in [3.8, 4) is 5.69 Å². The van der Waals surface area contributed by atoms with Crippen LogP contribution in [-0.2, 0) is 6.18 Å². The SMILES string of the molecule is O=c1ccc(C(F)F)cn1-c1cccc(C(F)(F)F)c1. The lowest BCUT2D eigenvalue weighted by atomic mass is 10.2. The average molecular weight is 289 g/mol. The molecule has 1 heterocycles. The lowest BCUT2D eigenvalue weighted by Gasteiger charge is -2.11. The van der Waals surface area contributed by atoms with Crippen LogP contribution in [0.2, 0.25) is 0 Å². The molecule has 0 radical (unpaired) electrons. The molecule has 0 N–H and O–H groups in total. The van der Waals surface area contributed by atoms with Gasteiger partial charge in [0.05, 0.1) is 5.56 Å². The summed E-state index contributed by atoms with van der Waals surface area (Å²) in [5.74, 6) is 0. The Labute approximate surface area is 110 Å². The molecular weight excluding hydrogens is 281 g/mol. The molecule has 0 aliphatic heterocycles. The Hall–Kier alpha value is -2.18. The minimum atomic E-state index is -4.57.